The molecule has 0 aliphatic heterocycles. The number of fused-ring (bicyclic) bond motifs is 1. The molecule has 1 amide bonds. The number of hydrogen-bond acceptors (Lipinski definition) is 4. The maximum absolute atomic E-state index is 12.3. The Morgan fingerprint density at radius 1 is 1.36 bits per heavy atom. The minimum atomic E-state index is 0.0266. The lowest BCUT2D eigenvalue weighted by Gasteiger charge is -2.29. The van der Waals surface area contributed by atoms with Crippen LogP contribution in [0.15, 0.2) is 29.3 Å². The normalized spacial score (nSPS) is 20.2. The van der Waals surface area contributed by atoms with Crippen molar-refractivity contribution in [2.24, 2.45) is 5.92 Å². The average Bonchev–Trinajstić information content (AvgIpc) is 2.61. The van der Waals surface area contributed by atoms with Crippen LogP contribution in [-0.2, 0) is 4.79 Å². The highest BCUT2D eigenvalue weighted by Crippen LogP contribution is 2.26. The van der Waals surface area contributed by atoms with E-state index in [1.807, 2.05) is 31.2 Å². The number of carbonyl (C=O) groups excluding carboxylic acids is 1. The lowest BCUT2D eigenvalue weighted by molar-refractivity contribution is -0.119. The van der Waals surface area contributed by atoms with Crippen LogP contribution in [-0.4, -0.2) is 22.7 Å². The van der Waals surface area contributed by atoms with E-state index in [1.165, 1.54) is 31.0 Å². The summed E-state index contributed by atoms with van der Waals surface area (Å²) in [5.41, 5.74) is 2.52. The van der Waals surface area contributed by atoms with Gasteiger partial charge in [0.05, 0.1) is 16.8 Å². The van der Waals surface area contributed by atoms with Crippen LogP contribution in [0.1, 0.15) is 43.7 Å². The van der Waals surface area contributed by atoms with Gasteiger partial charge in [0.1, 0.15) is 11.1 Å². The minimum Gasteiger partial charge on any atom is -0.352 e. The first-order valence-corrected chi connectivity index (χ1v) is 9.79. The Labute approximate surface area is 153 Å². The molecule has 0 radical (unpaired) electrons. The third kappa shape index (κ3) is 4.32. The number of hydrogen-bond donors (Lipinski definition) is 1. The molecule has 1 aliphatic rings. The highest BCUT2D eigenvalue weighted by atomic mass is 32.2. The molecule has 1 heterocycles. The van der Waals surface area contributed by atoms with E-state index >= 15 is 0 Å². The fourth-order valence-electron chi connectivity index (χ4n) is 3.36. The van der Waals surface area contributed by atoms with Crippen LogP contribution in [0.5, 0.6) is 0 Å². The Morgan fingerprint density at radius 2 is 2.16 bits per heavy atom. The maximum Gasteiger partial charge on any atom is 0.230 e. The molecule has 25 heavy (non-hydrogen) atoms. The topological polar surface area (TPSA) is 65.8 Å². The molecule has 0 spiro atoms. The summed E-state index contributed by atoms with van der Waals surface area (Å²) < 4.78 is 0. The highest BCUT2D eigenvalue weighted by Gasteiger charge is 2.22. The number of carbonyl (C=O) groups is 1. The Kier molecular flexibility index (Phi) is 5.60. The van der Waals surface area contributed by atoms with Gasteiger partial charge in [-0.3, -0.25) is 4.79 Å². The predicted molar refractivity (Wildman–Crippen MR) is 101 cm³/mol. The Balaban J connectivity index is 1.69. The highest BCUT2D eigenvalue weighted by molar-refractivity contribution is 8.00. The van der Waals surface area contributed by atoms with E-state index in [4.69, 9.17) is 0 Å². The molecule has 1 N–H and O–H groups in total. The summed E-state index contributed by atoms with van der Waals surface area (Å²) in [6.45, 7) is 4.23. The Bertz CT molecular complexity index is 828. The third-order valence-corrected chi connectivity index (χ3v) is 5.85. The predicted octanol–water partition coefficient (Wildman–Crippen LogP) is 4.20. The fraction of sp³-hybridized carbons (Fsp3) is 0.450. The van der Waals surface area contributed by atoms with Gasteiger partial charge in [0, 0.05) is 11.4 Å². The second-order valence-corrected chi connectivity index (χ2v) is 7.84. The molecule has 4 nitrogen and oxygen atoms in total. The number of benzene rings is 1. The molecule has 0 saturated heterocycles. The molecule has 2 atom stereocenters. The number of amides is 1. The molecule has 1 saturated carbocycles. The van der Waals surface area contributed by atoms with Crippen LogP contribution in [0.3, 0.4) is 0 Å². The van der Waals surface area contributed by atoms with E-state index in [0.717, 1.165) is 22.9 Å². The standard InChI is InChI=1S/C20H23N3OS/c1-13-7-8-15-10-16(11-21)20(23-18(15)9-13)25-12-19(24)22-17-6-4-3-5-14(17)2/h7-10,14,17H,3-6,12H2,1-2H3,(H,22,24)/t14-,17-/m0/s1. The van der Waals surface area contributed by atoms with E-state index in [0.29, 0.717) is 22.3 Å². The van der Waals surface area contributed by atoms with Crippen molar-refractivity contribution < 1.29 is 4.79 Å². The molecule has 1 aromatic heterocycles. The summed E-state index contributed by atoms with van der Waals surface area (Å²) in [5, 5.41) is 14.1. The summed E-state index contributed by atoms with van der Waals surface area (Å²) in [6, 6.07) is 10.3. The number of nitrogens with one attached hydrogen (secondary N) is 1. The number of aromatic nitrogens is 1. The summed E-state index contributed by atoms with van der Waals surface area (Å²) in [4.78, 5) is 16.9. The van der Waals surface area contributed by atoms with Gasteiger partial charge in [-0.2, -0.15) is 5.26 Å². The number of pyridine rings is 1. The van der Waals surface area contributed by atoms with Crippen molar-refractivity contribution in [2.75, 3.05) is 5.75 Å². The van der Waals surface area contributed by atoms with Crippen molar-refractivity contribution in [2.45, 2.75) is 50.6 Å². The van der Waals surface area contributed by atoms with Crippen LogP contribution < -0.4 is 5.32 Å². The first kappa shape index (κ1) is 17.8. The second-order valence-electron chi connectivity index (χ2n) is 6.87. The Morgan fingerprint density at radius 3 is 2.92 bits per heavy atom. The molecule has 0 unspecified atom stereocenters. The zero-order chi connectivity index (χ0) is 17.8. The lowest BCUT2D eigenvalue weighted by Crippen LogP contribution is -2.41. The van der Waals surface area contributed by atoms with Gasteiger partial charge in [-0.25, -0.2) is 4.98 Å². The molecular weight excluding hydrogens is 330 g/mol. The average molecular weight is 353 g/mol. The van der Waals surface area contributed by atoms with Crippen LogP contribution in [0.25, 0.3) is 10.9 Å². The van der Waals surface area contributed by atoms with Gasteiger partial charge in [0.2, 0.25) is 5.91 Å². The molecule has 0 bridgehead atoms. The van der Waals surface area contributed by atoms with Crippen molar-refractivity contribution in [1.29, 1.82) is 5.26 Å². The smallest absolute Gasteiger partial charge is 0.230 e. The van der Waals surface area contributed by atoms with Gasteiger partial charge in [0.25, 0.3) is 0 Å². The van der Waals surface area contributed by atoms with E-state index in [2.05, 4.69) is 23.3 Å². The molecule has 1 fully saturated rings. The number of nitrogens with zero attached hydrogens (tertiary/aromatic N) is 2. The zero-order valence-corrected chi connectivity index (χ0v) is 15.5. The molecule has 3 rings (SSSR count). The fourth-order valence-corrected chi connectivity index (χ4v) is 4.14. The van der Waals surface area contributed by atoms with Crippen LogP contribution in [0.4, 0.5) is 0 Å². The van der Waals surface area contributed by atoms with Gasteiger partial charge < -0.3 is 5.32 Å². The van der Waals surface area contributed by atoms with E-state index < -0.39 is 0 Å². The third-order valence-electron chi connectivity index (χ3n) is 4.86. The summed E-state index contributed by atoms with van der Waals surface area (Å²) >= 11 is 1.34. The van der Waals surface area contributed by atoms with Gasteiger partial charge in [-0.15, -0.1) is 0 Å². The van der Waals surface area contributed by atoms with Gasteiger partial charge in [-0.05, 0) is 43.4 Å². The van der Waals surface area contributed by atoms with Crippen molar-refractivity contribution in [3.63, 3.8) is 0 Å². The lowest BCUT2D eigenvalue weighted by atomic mass is 9.86. The number of nitriles is 1. The molecule has 1 aromatic carbocycles. The summed E-state index contributed by atoms with van der Waals surface area (Å²) in [7, 11) is 0. The van der Waals surface area contributed by atoms with E-state index in [9.17, 15) is 10.1 Å². The monoisotopic (exact) mass is 353 g/mol. The van der Waals surface area contributed by atoms with Crippen molar-refractivity contribution >= 4 is 28.6 Å². The van der Waals surface area contributed by atoms with Crippen LogP contribution in [0.2, 0.25) is 0 Å². The van der Waals surface area contributed by atoms with Gasteiger partial charge in [0.15, 0.2) is 0 Å². The molecular formula is C20H23N3OS. The molecule has 1 aliphatic carbocycles. The largest absolute Gasteiger partial charge is 0.352 e. The Hall–Kier alpha value is -2.06. The first-order chi connectivity index (χ1) is 12.1. The van der Waals surface area contributed by atoms with Crippen LogP contribution in [0, 0.1) is 24.2 Å². The second kappa shape index (κ2) is 7.88. The van der Waals surface area contributed by atoms with Gasteiger partial charge >= 0.3 is 0 Å². The van der Waals surface area contributed by atoms with Crippen molar-refractivity contribution in [3.8, 4) is 6.07 Å². The van der Waals surface area contributed by atoms with Crippen molar-refractivity contribution in [3.05, 3.63) is 35.4 Å². The molecule has 5 heteroatoms. The number of rotatable bonds is 4. The van der Waals surface area contributed by atoms with E-state index in [-0.39, 0.29) is 11.9 Å². The summed E-state index contributed by atoms with van der Waals surface area (Å²) in [5.74, 6) is 0.861. The maximum atomic E-state index is 12.3. The molecule has 2 aromatic rings. The minimum absolute atomic E-state index is 0.0266. The van der Waals surface area contributed by atoms with E-state index in [1.54, 1.807) is 0 Å². The summed E-state index contributed by atoms with van der Waals surface area (Å²) in [6.07, 6.45) is 4.69. The van der Waals surface area contributed by atoms with Crippen molar-refractivity contribution in [1.82, 2.24) is 10.3 Å². The van der Waals surface area contributed by atoms with Gasteiger partial charge in [-0.1, -0.05) is 43.7 Å². The number of thioether (sulfide) groups is 1. The molecule has 130 valence electrons. The SMILES string of the molecule is Cc1ccc2cc(C#N)c(SCC(=O)N[C@H]3CCCC[C@@H]3C)nc2c1. The zero-order valence-electron chi connectivity index (χ0n) is 14.7. The first-order valence-electron chi connectivity index (χ1n) is 8.80. The van der Waals surface area contributed by atoms with Crippen LogP contribution >= 0.6 is 11.8 Å². The number of aryl methyl sites for hydroxylation is 1. The quantitative estimate of drug-likeness (QED) is 0.837.